The smallest absolute Gasteiger partial charge is 0.361 e. The first-order chi connectivity index (χ1) is 12.3. The quantitative estimate of drug-likeness (QED) is 0.804. The van der Waals surface area contributed by atoms with Crippen LogP contribution in [0.25, 0.3) is 0 Å². The summed E-state index contributed by atoms with van der Waals surface area (Å²) in [4.78, 5) is 8.27. The van der Waals surface area contributed by atoms with Crippen LogP contribution in [-0.4, -0.2) is 41.7 Å². The molecule has 1 saturated heterocycles. The number of hydrogen-bond acceptors (Lipinski definition) is 5. The number of alkyl halides is 3. The Morgan fingerprint density at radius 2 is 2.04 bits per heavy atom. The zero-order valence-corrected chi connectivity index (χ0v) is 15.0. The van der Waals surface area contributed by atoms with Crippen molar-refractivity contribution < 1.29 is 17.7 Å². The molecule has 2 aromatic rings. The molecule has 3 heterocycles. The highest BCUT2D eigenvalue weighted by atomic mass is 19.4. The third-order valence-corrected chi connectivity index (χ3v) is 4.95. The minimum Gasteiger partial charge on any atom is -0.361 e. The van der Waals surface area contributed by atoms with Crippen LogP contribution in [0.1, 0.15) is 29.7 Å². The summed E-state index contributed by atoms with van der Waals surface area (Å²) in [5, 5.41) is 3.80. The first-order valence-electron chi connectivity index (χ1n) is 8.70. The van der Waals surface area contributed by atoms with Crippen molar-refractivity contribution in [2.45, 2.75) is 32.5 Å². The lowest BCUT2D eigenvalue weighted by Gasteiger charge is -2.34. The van der Waals surface area contributed by atoms with E-state index in [1.165, 1.54) is 6.20 Å². The third-order valence-electron chi connectivity index (χ3n) is 4.95. The standard InChI is InChI=1S/C18H23F3N4O/c1-13-15(10-23-26-13)12-25-7-4-14(5-8-25)11-24(2)17-9-16(3-6-22-17)18(19,20)21/h3,6,9-10,14H,4-5,7-8,11-12H2,1-2H3. The van der Waals surface area contributed by atoms with Gasteiger partial charge in [0.1, 0.15) is 11.6 Å². The molecule has 1 aliphatic rings. The molecule has 0 spiro atoms. The molecule has 0 bridgehead atoms. The fourth-order valence-electron chi connectivity index (χ4n) is 3.32. The van der Waals surface area contributed by atoms with Crippen molar-refractivity contribution in [2.24, 2.45) is 5.92 Å². The lowest BCUT2D eigenvalue weighted by Crippen LogP contribution is -2.37. The number of rotatable bonds is 5. The summed E-state index contributed by atoms with van der Waals surface area (Å²) < 4.78 is 43.7. The molecule has 26 heavy (non-hydrogen) atoms. The first-order valence-corrected chi connectivity index (χ1v) is 8.70. The summed E-state index contributed by atoms with van der Waals surface area (Å²) in [5.74, 6) is 1.65. The molecule has 3 rings (SSSR count). The van der Waals surface area contributed by atoms with Crippen LogP contribution in [0.15, 0.2) is 29.0 Å². The van der Waals surface area contributed by atoms with Gasteiger partial charge in [-0.3, -0.25) is 4.90 Å². The molecule has 0 aromatic carbocycles. The second-order valence-corrected chi connectivity index (χ2v) is 6.91. The van der Waals surface area contributed by atoms with Crippen LogP contribution in [0.3, 0.4) is 0 Å². The third kappa shape index (κ3) is 4.55. The largest absolute Gasteiger partial charge is 0.416 e. The molecule has 142 valence electrons. The van der Waals surface area contributed by atoms with E-state index in [0.717, 1.165) is 55.9 Å². The average Bonchev–Trinajstić information content (AvgIpc) is 3.01. The zero-order chi connectivity index (χ0) is 18.7. The fraction of sp³-hybridized carbons (Fsp3) is 0.556. The van der Waals surface area contributed by atoms with Crippen LogP contribution in [0.5, 0.6) is 0 Å². The molecule has 0 saturated carbocycles. The molecule has 0 amide bonds. The highest BCUT2D eigenvalue weighted by Gasteiger charge is 2.31. The Morgan fingerprint density at radius 3 is 2.65 bits per heavy atom. The summed E-state index contributed by atoms with van der Waals surface area (Å²) in [6.07, 6.45) is 0.651. The van der Waals surface area contributed by atoms with Gasteiger partial charge in [0.2, 0.25) is 0 Å². The van der Waals surface area contributed by atoms with Gasteiger partial charge in [0.25, 0.3) is 0 Å². The number of nitrogens with zero attached hydrogens (tertiary/aromatic N) is 4. The van der Waals surface area contributed by atoms with Crippen LogP contribution < -0.4 is 4.90 Å². The molecule has 1 aliphatic heterocycles. The first kappa shape index (κ1) is 18.7. The Balaban J connectivity index is 1.52. The minimum absolute atomic E-state index is 0.363. The number of aromatic nitrogens is 2. The van der Waals surface area contributed by atoms with E-state index in [9.17, 15) is 13.2 Å². The average molecular weight is 368 g/mol. The van der Waals surface area contributed by atoms with Crippen molar-refractivity contribution >= 4 is 5.82 Å². The highest BCUT2D eigenvalue weighted by Crippen LogP contribution is 2.31. The number of aryl methyl sites for hydroxylation is 1. The number of anilines is 1. The van der Waals surface area contributed by atoms with E-state index in [-0.39, 0.29) is 0 Å². The molecule has 8 heteroatoms. The molecule has 1 fully saturated rings. The molecule has 5 nitrogen and oxygen atoms in total. The Bertz CT molecular complexity index is 723. The van der Waals surface area contributed by atoms with E-state index in [1.54, 1.807) is 13.2 Å². The summed E-state index contributed by atoms with van der Waals surface area (Å²) in [6, 6.07) is 2.12. The molecule has 0 N–H and O–H groups in total. The van der Waals surface area contributed by atoms with Gasteiger partial charge >= 0.3 is 6.18 Å². The van der Waals surface area contributed by atoms with Gasteiger partial charge in [0, 0.05) is 31.9 Å². The lowest BCUT2D eigenvalue weighted by molar-refractivity contribution is -0.137. The molecule has 0 atom stereocenters. The molecular weight excluding hydrogens is 345 g/mol. The summed E-state index contributed by atoms with van der Waals surface area (Å²) in [7, 11) is 1.80. The van der Waals surface area contributed by atoms with E-state index in [1.807, 2.05) is 11.8 Å². The van der Waals surface area contributed by atoms with E-state index in [2.05, 4.69) is 15.0 Å². The van der Waals surface area contributed by atoms with Crippen molar-refractivity contribution in [1.82, 2.24) is 15.0 Å². The molecule has 0 aliphatic carbocycles. The van der Waals surface area contributed by atoms with Gasteiger partial charge in [-0.2, -0.15) is 13.2 Å². The number of hydrogen-bond donors (Lipinski definition) is 0. The van der Waals surface area contributed by atoms with Crippen molar-refractivity contribution in [2.75, 3.05) is 31.6 Å². The topological polar surface area (TPSA) is 45.4 Å². The fourth-order valence-corrected chi connectivity index (χ4v) is 3.32. The minimum atomic E-state index is -4.34. The second kappa shape index (κ2) is 7.65. The molecule has 2 aromatic heterocycles. The van der Waals surface area contributed by atoms with Gasteiger partial charge in [-0.25, -0.2) is 4.98 Å². The van der Waals surface area contributed by atoms with Gasteiger partial charge in [-0.1, -0.05) is 5.16 Å². The SMILES string of the molecule is Cc1oncc1CN1CCC(CN(C)c2cc(C(F)(F)F)ccn2)CC1. The molecule has 0 radical (unpaired) electrons. The lowest BCUT2D eigenvalue weighted by atomic mass is 9.96. The Hall–Kier alpha value is -2.09. The monoisotopic (exact) mass is 368 g/mol. The summed E-state index contributed by atoms with van der Waals surface area (Å²) >= 11 is 0. The van der Waals surface area contributed by atoms with Gasteiger partial charge in [0.05, 0.1) is 11.8 Å². The number of pyridine rings is 1. The maximum Gasteiger partial charge on any atom is 0.416 e. The predicted molar refractivity (Wildman–Crippen MR) is 91.8 cm³/mol. The van der Waals surface area contributed by atoms with Crippen molar-refractivity contribution in [3.63, 3.8) is 0 Å². The van der Waals surface area contributed by atoms with Crippen LogP contribution >= 0.6 is 0 Å². The van der Waals surface area contributed by atoms with Crippen LogP contribution in [0.4, 0.5) is 19.0 Å². The predicted octanol–water partition coefficient (Wildman–Crippen LogP) is 3.75. The number of piperidine rings is 1. The summed E-state index contributed by atoms with van der Waals surface area (Å²) in [5.41, 5.74) is 0.446. The molecular formula is C18H23F3N4O. The maximum absolute atomic E-state index is 12.9. The Labute approximate surface area is 150 Å². The van der Waals surface area contributed by atoms with E-state index < -0.39 is 11.7 Å². The Kier molecular flexibility index (Phi) is 5.50. The Morgan fingerprint density at radius 1 is 1.31 bits per heavy atom. The second-order valence-electron chi connectivity index (χ2n) is 6.91. The summed E-state index contributed by atoms with van der Waals surface area (Å²) in [6.45, 7) is 5.35. The van der Waals surface area contributed by atoms with Gasteiger partial charge < -0.3 is 9.42 Å². The van der Waals surface area contributed by atoms with Crippen LogP contribution in [-0.2, 0) is 12.7 Å². The van der Waals surface area contributed by atoms with Crippen molar-refractivity contribution in [3.05, 3.63) is 41.4 Å². The van der Waals surface area contributed by atoms with E-state index in [0.29, 0.717) is 18.3 Å². The van der Waals surface area contributed by atoms with Gasteiger partial charge in [0.15, 0.2) is 0 Å². The van der Waals surface area contributed by atoms with Gasteiger partial charge in [-0.15, -0.1) is 0 Å². The maximum atomic E-state index is 12.9. The number of likely N-dealkylation sites (tertiary alicyclic amines) is 1. The highest BCUT2D eigenvalue weighted by molar-refractivity contribution is 5.41. The number of halogens is 3. The zero-order valence-electron chi connectivity index (χ0n) is 15.0. The van der Waals surface area contributed by atoms with E-state index >= 15 is 0 Å². The normalized spacial score (nSPS) is 16.8. The van der Waals surface area contributed by atoms with Crippen LogP contribution in [0, 0.1) is 12.8 Å². The van der Waals surface area contributed by atoms with Gasteiger partial charge in [-0.05, 0) is 50.9 Å². The van der Waals surface area contributed by atoms with Crippen LogP contribution in [0.2, 0.25) is 0 Å². The molecule has 0 unspecified atom stereocenters. The van der Waals surface area contributed by atoms with E-state index in [4.69, 9.17) is 4.52 Å². The van der Waals surface area contributed by atoms with Crippen molar-refractivity contribution in [1.29, 1.82) is 0 Å². The van der Waals surface area contributed by atoms with Crippen molar-refractivity contribution in [3.8, 4) is 0 Å².